The first kappa shape index (κ1) is 19.5. The summed E-state index contributed by atoms with van der Waals surface area (Å²) in [4.78, 5) is 25.4. The van der Waals surface area contributed by atoms with Crippen LogP contribution in [-0.4, -0.2) is 32.7 Å². The fourth-order valence-electron chi connectivity index (χ4n) is 4.28. The number of pyridine rings is 1. The largest absolute Gasteiger partial charge is 0.486 e. The monoisotopic (exact) mass is 439 g/mol. The maximum absolute atomic E-state index is 13.1. The Bertz CT molecular complexity index is 1570. The number of nitrogens with two attached hydrogens (primary N) is 1. The molecule has 1 aliphatic rings. The van der Waals surface area contributed by atoms with Gasteiger partial charge in [-0.05, 0) is 18.2 Å². The summed E-state index contributed by atoms with van der Waals surface area (Å²) < 4.78 is 13.4. The molecule has 8 heteroatoms. The topological polar surface area (TPSA) is 108 Å². The van der Waals surface area contributed by atoms with Gasteiger partial charge < -0.3 is 24.8 Å². The minimum absolute atomic E-state index is 0.259. The third-order valence-electron chi connectivity index (χ3n) is 5.81. The molecule has 0 radical (unpaired) electrons. The highest BCUT2D eigenvalue weighted by Crippen LogP contribution is 2.34. The van der Waals surface area contributed by atoms with Crippen molar-refractivity contribution in [2.24, 2.45) is 5.73 Å². The van der Waals surface area contributed by atoms with Crippen LogP contribution in [0.5, 0.6) is 11.5 Å². The summed E-state index contributed by atoms with van der Waals surface area (Å²) in [6.07, 6.45) is 1.96. The predicted octanol–water partition coefficient (Wildman–Crippen LogP) is 3.22. The summed E-state index contributed by atoms with van der Waals surface area (Å²) in [5, 5.41) is 0.947. The molecule has 0 unspecified atom stereocenters. The molecule has 0 bridgehead atoms. The van der Waals surface area contributed by atoms with Crippen molar-refractivity contribution in [3.05, 3.63) is 82.5 Å². The molecule has 164 valence electrons. The van der Waals surface area contributed by atoms with E-state index in [1.165, 1.54) is 0 Å². The lowest BCUT2D eigenvalue weighted by Crippen LogP contribution is -2.16. The van der Waals surface area contributed by atoms with E-state index in [2.05, 4.69) is 14.5 Å². The number of benzene rings is 2. The zero-order valence-corrected chi connectivity index (χ0v) is 17.7. The Morgan fingerprint density at radius 2 is 1.76 bits per heavy atom. The smallest absolute Gasteiger partial charge is 0.275 e. The van der Waals surface area contributed by atoms with E-state index in [1.54, 1.807) is 6.07 Å². The Balaban J connectivity index is 1.50. The van der Waals surface area contributed by atoms with Crippen LogP contribution in [0, 0.1) is 0 Å². The number of nitrogens with one attached hydrogen (secondary N) is 1. The summed E-state index contributed by atoms with van der Waals surface area (Å²) in [6, 6.07) is 17.4. The zero-order valence-electron chi connectivity index (χ0n) is 17.7. The molecular weight excluding hydrogens is 418 g/mol. The van der Waals surface area contributed by atoms with Gasteiger partial charge in [0.2, 0.25) is 0 Å². The van der Waals surface area contributed by atoms with Gasteiger partial charge >= 0.3 is 0 Å². The number of aromatic nitrogens is 4. The molecule has 2 aromatic carbocycles. The van der Waals surface area contributed by atoms with E-state index in [4.69, 9.17) is 20.2 Å². The number of nitrogens with zero attached hydrogens (tertiary/aromatic N) is 3. The Morgan fingerprint density at radius 1 is 0.970 bits per heavy atom. The highest BCUT2D eigenvalue weighted by Gasteiger charge is 2.18. The molecule has 3 aromatic heterocycles. The van der Waals surface area contributed by atoms with E-state index >= 15 is 0 Å². The number of rotatable bonds is 4. The van der Waals surface area contributed by atoms with Crippen LogP contribution in [0.1, 0.15) is 11.4 Å². The first-order valence-corrected chi connectivity index (χ1v) is 10.8. The molecule has 4 heterocycles. The highest BCUT2D eigenvalue weighted by atomic mass is 16.6. The molecule has 0 fully saturated rings. The molecule has 6 rings (SSSR count). The summed E-state index contributed by atoms with van der Waals surface area (Å²) in [6.45, 7) is 1.91. The van der Waals surface area contributed by atoms with Gasteiger partial charge in [-0.15, -0.1) is 0 Å². The lowest BCUT2D eigenvalue weighted by molar-refractivity contribution is 0.172. The maximum atomic E-state index is 13.1. The van der Waals surface area contributed by atoms with Gasteiger partial charge in [-0.2, -0.15) is 0 Å². The average Bonchev–Trinajstić information content (AvgIpc) is 3.20. The molecule has 0 atom stereocenters. The van der Waals surface area contributed by atoms with Crippen LogP contribution >= 0.6 is 0 Å². The van der Waals surface area contributed by atoms with E-state index in [1.807, 2.05) is 54.7 Å². The quantitative estimate of drug-likeness (QED) is 0.445. The van der Waals surface area contributed by atoms with E-state index in [0.717, 1.165) is 27.9 Å². The Kier molecular flexibility index (Phi) is 4.58. The molecular formula is C25H21N5O3. The molecule has 0 spiro atoms. The summed E-state index contributed by atoms with van der Waals surface area (Å²) >= 11 is 0. The normalized spacial score (nSPS) is 13.0. The Hall–Kier alpha value is -4.17. The van der Waals surface area contributed by atoms with Crippen LogP contribution in [-0.2, 0) is 13.1 Å². The second-order valence-electron chi connectivity index (χ2n) is 7.94. The minimum atomic E-state index is -0.259. The SMILES string of the molecule is NCc1cccc(Cn2cc(-c3nc4cc5c(cc4[nH]c3=O)OCCO5)c3ccccc32)n1. The van der Waals surface area contributed by atoms with Gasteiger partial charge in [-0.25, -0.2) is 4.98 Å². The third-order valence-corrected chi connectivity index (χ3v) is 5.81. The molecule has 3 N–H and O–H groups in total. The fourth-order valence-corrected chi connectivity index (χ4v) is 4.28. The van der Waals surface area contributed by atoms with E-state index in [-0.39, 0.29) is 5.56 Å². The van der Waals surface area contributed by atoms with Crippen molar-refractivity contribution < 1.29 is 9.47 Å². The van der Waals surface area contributed by atoms with Crippen molar-refractivity contribution in [2.75, 3.05) is 13.2 Å². The number of fused-ring (bicyclic) bond motifs is 3. The van der Waals surface area contributed by atoms with Gasteiger partial charge in [-0.3, -0.25) is 9.78 Å². The lowest BCUT2D eigenvalue weighted by atomic mass is 10.1. The molecule has 1 aliphatic heterocycles. The van der Waals surface area contributed by atoms with Crippen molar-refractivity contribution in [1.82, 2.24) is 19.5 Å². The number of H-pyrrole nitrogens is 1. The van der Waals surface area contributed by atoms with Crippen LogP contribution < -0.4 is 20.8 Å². The van der Waals surface area contributed by atoms with Gasteiger partial charge in [0, 0.05) is 41.3 Å². The predicted molar refractivity (Wildman–Crippen MR) is 126 cm³/mol. The number of hydrogen-bond donors (Lipinski definition) is 2. The summed E-state index contributed by atoms with van der Waals surface area (Å²) in [5.74, 6) is 1.25. The maximum Gasteiger partial charge on any atom is 0.275 e. The van der Waals surface area contributed by atoms with Gasteiger partial charge in [0.1, 0.15) is 18.9 Å². The fraction of sp³-hybridized carbons (Fsp3) is 0.160. The van der Waals surface area contributed by atoms with Crippen LogP contribution in [0.3, 0.4) is 0 Å². The highest BCUT2D eigenvalue weighted by molar-refractivity contribution is 5.96. The number of hydrogen-bond acceptors (Lipinski definition) is 6. The van der Waals surface area contributed by atoms with Gasteiger partial charge in [-0.1, -0.05) is 24.3 Å². The second kappa shape index (κ2) is 7.75. The summed E-state index contributed by atoms with van der Waals surface area (Å²) in [7, 11) is 0. The van der Waals surface area contributed by atoms with Crippen LogP contribution in [0.25, 0.3) is 33.2 Å². The van der Waals surface area contributed by atoms with E-state index in [9.17, 15) is 4.79 Å². The van der Waals surface area contributed by atoms with Crippen molar-refractivity contribution in [1.29, 1.82) is 0 Å². The van der Waals surface area contributed by atoms with E-state index in [0.29, 0.717) is 54.5 Å². The molecule has 0 saturated carbocycles. The second-order valence-corrected chi connectivity index (χ2v) is 7.94. The van der Waals surface area contributed by atoms with Crippen molar-refractivity contribution >= 4 is 21.9 Å². The standard InChI is InChI=1S/C25H21N5O3/c26-12-15-4-3-5-16(27-15)13-30-14-18(17-6-1-2-7-21(17)30)24-25(31)29-20-11-23-22(10-19(20)28-24)32-8-9-33-23/h1-7,10-11,14H,8-9,12-13,26H2,(H,29,31). The average molecular weight is 439 g/mol. The summed E-state index contributed by atoms with van der Waals surface area (Å²) in [5.41, 5.74) is 10.6. The van der Waals surface area contributed by atoms with Crippen LogP contribution in [0.15, 0.2) is 65.6 Å². The van der Waals surface area contributed by atoms with Crippen molar-refractivity contribution in [3.63, 3.8) is 0 Å². The van der Waals surface area contributed by atoms with Crippen molar-refractivity contribution in [2.45, 2.75) is 13.1 Å². The lowest BCUT2D eigenvalue weighted by Gasteiger charge is -2.18. The zero-order chi connectivity index (χ0) is 22.4. The number of ether oxygens (including phenoxy) is 2. The molecule has 0 amide bonds. The van der Waals surface area contributed by atoms with Crippen molar-refractivity contribution in [3.8, 4) is 22.8 Å². The van der Waals surface area contributed by atoms with Gasteiger partial charge in [0.15, 0.2) is 11.5 Å². The molecule has 0 saturated heterocycles. The molecule has 5 aromatic rings. The Morgan fingerprint density at radius 3 is 2.61 bits per heavy atom. The van der Waals surface area contributed by atoms with Crippen LogP contribution in [0.4, 0.5) is 0 Å². The number of aromatic amines is 1. The first-order valence-electron chi connectivity index (χ1n) is 10.8. The van der Waals surface area contributed by atoms with Gasteiger partial charge in [0.25, 0.3) is 5.56 Å². The third kappa shape index (κ3) is 3.41. The molecule has 8 nitrogen and oxygen atoms in total. The first-order chi connectivity index (χ1) is 16.2. The number of para-hydroxylation sites is 1. The van der Waals surface area contributed by atoms with Crippen LogP contribution in [0.2, 0.25) is 0 Å². The molecule has 33 heavy (non-hydrogen) atoms. The van der Waals surface area contributed by atoms with Gasteiger partial charge in [0.05, 0.1) is 29.0 Å². The molecule has 0 aliphatic carbocycles. The van der Waals surface area contributed by atoms with E-state index < -0.39 is 0 Å². The minimum Gasteiger partial charge on any atom is -0.486 e. The Labute approximate surface area is 188 Å².